The van der Waals surface area contributed by atoms with Crippen molar-refractivity contribution >= 4 is 27.5 Å². The number of anilines is 1. The second kappa shape index (κ2) is 9.25. The lowest BCUT2D eigenvalue weighted by atomic mass is 10.0. The molecule has 3 rings (SSSR count). The molecule has 3 aromatic carbocycles. The van der Waals surface area contributed by atoms with Crippen molar-refractivity contribution in [1.82, 2.24) is 0 Å². The second-order valence-corrected chi connectivity index (χ2v) is 8.14. The van der Waals surface area contributed by atoms with Crippen molar-refractivity contribution in [2.45, 2.75) is 26.1 Å². The summed E-state index contributed by atoms with van der Waals surface area (Å²) in [5, 5.41) is 2.93. The van der Waals surface area contributed by atoms with Gasteiger partial charge in [0, 0.05) is 17.3 Å². The van der Waals surface area contributed by atoms with Gasteiger partial charge in [-0.25, -0.2) is 0 Å². The number of hydrogen-bond donors (Lipinski definition) is 1. The molecule has 0 aliphatic heterocycles. The fourth-order valence-electron chi connectivity index (χ4n) is 2.83. The number of hydrogen-bond acceptors (Lipinski definition) is 3. The first kappa shape index (κ1) is 21.1. The molecule has 0 saturated carbocycles. The Hall–Kier alpha value is -2.63. The Morgan fingerprint density at radius 2 is 1.45 bits per heavy atom. The quantitative estimate of drug-likeness (QED) is 0.472. The number of carbonyl (C=O) groups is 1. The molecule has 29 heavy (non-hydrogen) atoms. The molecule has 0 heterocycles. The molecule has 1 N–H and O–H groups in total. The standard InChI is InChI=1S/C24H24BrNO3/c1-24(2,29-22-14-10-20(25)11-15-22)23(27)26-21-12-8-19(9-13-21)18-6-4-17(5-7-18)16-28-3/h4-15H,16H2,1-3H3,(H,26,27). The average Bonchev–Trinajstić information content (AvgIpc) is 2.71. The summed E-state index contributed by atoms with van der Waals surface area (Å²) < 4.78 is 12.0. The van der Waals surface area contributed by atoms with Crippen LogP contribution in [0.25, 0.3) is 11.1 Å². The Morgan fingerprint density at radius 3 is 2.00 bits per heavy atom. The summed E-state index contributed by atoms with van der Waals surface area (Å²) in [5.41, 5.74) is 3.04. The largest absolute Gasteiger partial charge is 0.478 e. The summed E-state index contributed by atoms with van der Waals surface area (Å²) in [6, 6.07) is 23.4. The SMILES string of the molecule is COCc1ccc(-c2ccc(NC(=O)C(C)(C)Oc3ccc(Br)cc3)cc2)cc1. The third kappa shape index (κ3) is 5.68. The summed E-state index contributed by atoms with van der Waals surface area (Å²) in [7, 11) is 1.69. The van der Waals surface area contributed by atoms with E-state index in [1.807, 2.05) is 48.5 Å². The molecule has 0 atom stereocenters. The number of nitrogens with one attached hydrogen (secondary N) is 1. The van der Waals surface area contributed by atoms with Crippen LogP contribution < -0.4 is 10.1 Å². The maximum atomic E-state index is 12.7. The van der Waals surface area contributed by atoms with Crippen LogP contribution in [-0.4, -0.2) is 18.6 Å². The lowest BCUT2D eigenvalue weighted by molar-refractivity contribution is -0.128. The number of methoxy groups -OCH3 is 1. The number of benzene rings is 3. The first-order chi connectivity index (χ1) is 13.9. The molecule has 150 valence electrons. The molecule has 0 fully saturated rings. The predicted octanol–water partition coefficient (Wildman–Crippen LogP) is 6.06. The summed E-state index contributed by atoms with van der Waals surface area (Å²) in [6.07, 6.45) is 0. The number of rotatable bonds is 7. The molecule has 0 spiro atoms. The third-order valence-electron chi connectivity index (χ3n) is 4.47. The first-order valence-corrected chi connectivity index (χ1v) is 10.1. The zero-order valence-corrected chi connectivity index (χ0v) is 18.3. The van der Waals surface area contributed by atoms with Gasteiger partial charge in [0.2, 0.25) is 0 Å². The summed E-state index contributed by atoms with van der Waals surface area (Å²) >= 11 is 3.39. The first-order valence-electron chi connectivity index (χ1n) is 9.32. The van der Waals surface area contributed by atoms with Crippen LogP contribution in [0.15, 0.2) is 77.3 Å². The Kier molecular flexibility index (Phi) is 6.72. The van der Waals surface area contributed by atoms with Crippen molar-refractivity contribution in [3.8, 4) is 16.9 Å². The van der Waals surface area contributed by atoms with E-state index in [-0.39, 0.29) is 5.91 Å². The van der Waals surface area contributed by atoms with E-state index in [0.717, 1.165) is 26.9 Å². The molecular formula is C24H24BrNO3. The van der Waals surface area contributed by atoms with Crippen LogP contribution in [0.1, 0.15) is 19.4 Å². The van der Waals surface area contributed by atoms with Gasteiger partial charge in [0.15, 0.2) is 5.60 Å². The zero-order chi connectivity index (χ0) is 20.9. The van der Waals surface area contributed by atoms with Crippen LogP contribution in [0, 0.1) is 0 Å². The fraction of sp³-hybridized carbons (Fsp3) is 0.208. The monoisotopic (exact) mass is 453 g/mol. The van der Waals surface area contributed by atoms with E-state index < -0.39 is 5.60 Å². The number of amides is 1. The lowest BCUT2D eigenvalue weighted by Crippen LogP contribution is -2.42. The van der Waals surface area contributed by atoms with Gasteiger partial charge in [-0.05, 0) is 66.9 Å². The van der Waals surface area contributed by atoms with E-state index in [4.69, 9.17) is 9.47 Å². The smallest absolute Gasteiger partial charge is 0.267 e. The molecule has 0 bridgehead atoms. The zero-order valence-electron chi connectivity index (χ0n) is 16.7. The second-order valence-electron chi connectivity index (χ2n) is 7.23. The normalized spacial score (nSPS) is 11.2. The highest BCUT2D eigenvalue weighted by Crippen LogP contribution is 2.25. The van der Waals surface area contributed by atoms with Crippen LogP contribution in [0.3, 0.4) is 0 Å². The maximum Gasteiger partial charge on any atom is 0.267 e. The molecular weight excluding hydrogens is 430 g/mol. The Bertz CT molecular complexity index is 949. The lowest BCUT2D eigenvalue weighted by Gasteiger charge is -2.25. The van der Waals surface area contributed by atoms with Crippen molar-refractivity contribution in [3.05, 3.63) is 82.8 Å². The summed E-state index contributed by atoms with van der Waals surface area (Å²) in [4.78, 5) is 12.7. The Balaban J connectivity index is 1.65. The molecule has 0 saturated heterocycles. The van der Waals surface area contributed by atoms with E-state index in [2.05, 4.69) is 45.5 Å². The van der Waals surface area contributed by atoms with E-state index in [1.165, 1.54) is 0 Å². The highest BCUT2D eigenvalue weighted by atomic mass is 79.9. The van der Waals surface area contributed by atoms with Crippen LogP contribution in [0.2, 0.25) is 0 Å². The topological polar surface area (TPSA) is 47.6 Å². The molecule has 1 amide bonds. The highest BCUT2D eigenvalue weighted by molar-refractivity contribution is 9.10. The van der Waals surface area contributed by atoms with E-state index in [1.54, 1.807) is 21.0 Å². The minimum Gasteiger partial charge on any atom is -0.478 e. The number of halogens is 1. The van der Waals surface area contributed by atoms with Gasteiger partial charge in [-0.2, -0.15) is 0 Å². The van der Waals surface area contributed by atoms with Gasteiger partial charge in [-0.1, -0.05) is 52.3 Å². The molecule has 5 heteroatoms. The molecule has 3 aromatic rings. The van der Waals surface area contributed by atoms with Gasteiger partial charge >= 0.3 is 0 Å². The minimum atomic E-state index is -1.01. The molecule has 0 aliphatic rings. The summed E-state index contributed by atoms with van der Waals surface area (Å²) in [5.74, 6) is 0.428. The van der Waals surface area contributed by atoms with Crippen LogP contribution in [0.4, 0.5) is 5.69 Å². The van der Waals surface area contributed by atoms with Crippen molar-refractivity contribution < 1.29 is 14.3 Å². The molecule has 0 aliphatic carbocycles. The molecule has 0 radical (unpaired) electrons. The number of ether oxygens (including phenoxy) is 2. The van der Waals surface area contributed by atoms with Crippen molar-refractivity contribution in [2.75, 3.05) is 12.4 Å². The van der Waals surface area contributed by atoms with Crippen molar-refractivity contribution in [2.24, 2.45) is 0 Å². The van der Waals surface area contributed by atoms with Gasteiger partial charge in [-0.15, -0.1) is 0 Å². The van der Waals surface area contributed by atoms with Gasteiger partial charge in [0.25, 0.3) is 5.91 Å². The molecule has 0 aromatic heterocycles. The van der Waals surface area contributed by atoms with Crippen LogP contribution >= 0.6 is 15.9 Å². The van der Waals surface area contributed by atoms with E-state index >= 15 is 0 Å². The van der Waals surface area contributed by atoms with Crippen LogP contribution in [0.5, 0.6) is 5.75 Å². The van der Waals surface area contributed by atoms with Gasteiger partial charge in [0.05, 0.1) is 6.61 Å². The minimum absolute atomic E-state index is 0.211. The van der Waals surface area contributed by atoms with Crippen molar-refractivity contribution in [3.63, 3.8) is 0 Å². The Morgan fingerprint density at radius 1 is 0.897 bits per heavy atom. The van der Waals surface area contributed by atoms with Gasteiger partial charge in [0.1, 0.15) is 5.75 Å². The molecule has 0 unspecified atom stereocenters. The predicted molar refractivity (Wildman–Crippen MR) is 120 cm³/mol. The van der Waals surface area contributed by atoms with E-state index in [0.29, 0.717) is 12.4 Å². The fourth-order valence-corrected chi connectivity index (χ4v) is 3.10. The van der Waals surface area contributed by atoms with E-state index in [9.17, 15) is 4.79 Å². The molecule has 4 nitrogen and oxygen atoms in total. The van der Waals surface area contributed by atoms with Crippen LogP contribution in [-0.2, 0) is 16.1 Å². The maximum absolute atomic E-state index is 12.7. The summed E-state index contributed by atoms with van der Waals surface area (Å²) in [6.45, 7) is 4.10. The highest BCUT2D eigenvalue weighted by Gasteiger charge is 2.30. The Labute approximate surface area is 180 Å². The average molecular weight is 454 g/mol. The number of carbonyl (C=O) groups excluding carboxylic acids is 1. The van der Waals surface area contributed by atoms with Gasteiger partial charge in [-0.3, -0.25) is 4.79 Å². The third-order valence-corrected chi connectivity index (χ3v) is 5.00. The van der Waals surface area contributed by atoms with Gasteiger partial charge < -0.3 is 14.8 Å². The van der Waals surface area contributed by atoms with Crippen molar-refractivity contribution in [1.29, 1.82) is 0 Å².